The van der Waals surface area contributed by atoms with Gasteiger partial charge in [-0.25, -0.2) is 0 Å². The van der Waals surface area contributed by atoms with Gasteiger partial charge in [0.15, 0.2) is 0 Å². The molecule has 0 fully saturated rings. The van der Waals surface area contributed by atoms with Crippen molar-refractivity contribution in [3.63, 3.8) is 0 Å². The first-order valence-electron chi connectivity index (χ1n) is 8.04. The number of halogens is 2. The fourth-order valence-corrected chi connectivity index (χ4v) is 3.37. The zero-order valence-corrected chi connectivity index (χ0v) is 16.9. The minimum absolute atomic E-state index is 0.115. The highest BCUT2D eigenvalue weighted by Crippen LogP contribution is 2.22. The van der Waals surface area contributed by atoms with Gasteiger partial charge in [0.1, 0.15) is 6.04 Å². The summed E-state index contributed by atoms with van der Waals surface area (Å²) < 4.78 is 0. The summed E-state index contributed by atoms with van der Waals surface area (Å²) in [6.45, 7) is 2.06. The van der Waals surface area contributed by atoms with Gasteiger partial charge in [-0.1, -0.05) is 35.3 Å². The number of carbonyl (C=O) groups excluding carboxylic acids is 2. The van der Waals surface area contributed by atoms with E-state index in [1.165, 1.54) is 11.8 Å². The molecule has 0 heterocycles. The van der Waals surface area contributed by atoms with Gasteiger partial charge in [0.05, 0.1) is 5.75 Å². The average Bonchev–Trinajstić information content (AvgIpc) is 2.65. The summed E-state index contributed by atoms with van der Waals surface area (Å²) in [6.07, 6.45) is 0. The third-order valence-electron chi connectivity index (χ3n) is 3.86. The quantitative estimate of drug-likeness (QED) is 0.693. The molecule has 0 aliphatic rings. The minimum Gasteiger partial charge on any atom is -0.357 e. The third kappa shape index (κ3) is 5.94. The number of amides is 2. The number of nitrogens with zero attached hydrogens (tertiary/aromatic N) is 1. The van der Waals surface area contributed by atoms with Crippen LogP contribution < -0.4 is 5.32 Å². The molecule has 1 N–H and O–H groups in total. The number of thioether (sulfide) groups is 1. The van der Waals surface area contributed by atoms with Crippen LogP contribution in [0.4, 0.5) is 0 Å². The standard InChI is InChI=1S/C19H20Cl2N2O2S/c1-13(19(25)22-2)23(11-14-3-5-15(20)6-4-14)18(24)12-26-17-9-7-16(21)8-10-17/h3-10,13H,11-12H2,1-2H3,(H,22,25). The molecule has 1 unspecified atom stereocenters. The number of likely N-dealkylation sites (N-methyl/N-ethyl adjacent to an activating group) is 1. The molecule has 0 bridgehead atoms. The molecule has 0 spiro atoms. The molecular formula is C19H20Cl2N2O2S. The van der Waals surface area contributed by atoms with Gasteiger partial charge in [-0.05, 0) is 48.9 Å². The third-order valence-corrected chi connectivity index (χ3v) is 5.36. The predicted octanol–water partition coefficient (Wildman–Crippen LogP) is 4.25. The maximum absolute atomic E-state index is 12.8. The van der Waals surface area contributed by atoms with E-state index in [9.17, 15) is 9.59 Å². The summed E-state index contributed by atoms with van der Waals surface area (Å²) in [5.41, 5.74) is 0.912. The van der Waals surface area contributed by atoms with Crippen LogP contribution in [0.15, 0.2) is 53.4 Å². The molecule has 138 valence electrons. The molecule has 0 radical (unpaired) electrons. The van der Waals surface area contributed by atoms with Crippen molar-refractivity contribution in [1.82, 2.24) is 10.2 Å². The number of hydrogen-bond donors (Lipinski definition) is 1. The van der Waals surface area contributed by atoms with Crippen molar-refractivity contribution in [3.8, 4) is 0 Å². The van der Waals surface area contributed by atoms with Crippen molar-refractivity contribution in [2.75, 3.05) is 12.8 Å². The average molecular weight is 411 g/mol. The van der Waals surface area contributed by atoms with Crippen LogP contribution in [0.25, 0.3) is 0 Å². The molecule has 1 atom stereocenters. The van der Waals surface area contributed by atoms with E-state index < -0.39 is 6.04 Å². The number of nitrogens with one attached hydrogen (secondary N) is 1. The number of carbonyl (C=O) groups is 2. The summed E-state index contributed by atoms with van der Waals surface area (Å²) in [5.74, 6) is -0.0869. The van der Waals surface area contributed by atoms with Crippen molar-refractivity contribution < 1.29 is 9.59 Å². The first-order valence-corrected chi connectivity index (χ1v) is 9.78. The summed E-state index contributed by atoms with van der Waals surface area (Å²) in [7, 11) is 1.56. The van der Waals surface area contributed by atoms with E-state index in [2.05, 4.69) is 5.32 Å². The molecule has 4 nitrogen and oxygen atoms in total. The molecule has 0 saturated heterocycles. The van der Waals surface area contributed by atoms with Crippen LogP contribution in [-0.2, 0) is 16.1 Å². The smallest absolute Gasteiger partial charge is 0.242 e. The highest BCUT2D eigenvalue weighted by molar-refractivity contribution is 8.00. The van der Waals surface area contributed by atoms with Crippen LogP contribution in [0.2, 0.25) is 10.0 Å². The highest BCUT2D eigenvalue weighted by Gasteiger charge is 2.25. The molecule has 7 heteroatoms. The molecule has 0 aliphatic heterocycles. The lowest BCUT2D eigenvalue weighted by Crippen LogP contribution is -2.47. The van der Waals surface area contributed by atoms with E-state index in [1.54, 1.807) is 43.1 Å². The Hall–Kier alpha value is -1.69. The summed E-state index contributed by atoms with van der Waals surface area (Å²) in [5, 5.41) is 3.88. The molecular weight excluding hydrogens is 391 g/mol. The Labute approximate surface area is 167 Å². The zero-order valence-electron chi connectivity index (χ0n) is 14.5. The van der Waals surface area contributed by atoms with Gasteiger partial charge >= 0.3 is 0 Å². The van der Waals surface area contributed by atoms with E-state index >= 15 is 0 Å². The molecule has 2 aromatic rings. The Morgan fingerprint density at radius 3 is 2.12 bits per heavy atom. The van der Waals surface area contributed by atoms with Crippen molar-refractivity contribution in [2.45, 2.75) is 24.4 Å². The van der Waals surface area contributed by atoms with Crippen LogP contribution >= 0.6 is 35.0 Å². The van der Waals surface area contributed by atoms with E-state index in [0.717, 1.165) is 10.5 Å². The van der Waals surface area contributed by atoms with Crippen LogP contribution in [0.3, 0.4) is 0 Å². The molecule has 0 aliphatic carbocycles. The van der Waals surface area contributed by atoms with Crippen molar-refractivity contribution >= 4 is 46.8 Å². The van der Waals surface area contributed by atoms with Crippen LogP contribution in [0.5, 0.6) is 0 Å². The van der Waals surface area contributed by atoms with E-state index in [0.29, 0.717) is 16.6 Å². The number of hydrogen-bond acceptors (Lipinski definition) is 3. The summed E-state index contributed by atoms with van der Waals surface area (Å²) in [4.78, 5) is 27.4. The van der Waals surface area contributed by atoms with Gasteiger partial charge in [-0.2, -0.15) is 0 Å². The van der Waals surface area contributed by atoms with Gasteiger partial charge in [0.25, 0.3) is 0 Å². The van der Waals surface area contributed by atoms with Crippen LogP contribution in [0, 0.1) is 0 Å². The topological polar surface area (TPSA) is 49.4 Å². The monoisotopic (exact) mass is 410 g/mol. The zero-order chi connectivity index (χ0) is 19.1. The van der Waals surface area contributed by atoms with Crippen molar-refractivity contribution in [1.29, 1.82) is 0 Å². The number of benzene rings is 2. The molecule has 0 aromatic heterocycles. The van der Waals surface area contributed by atoms with Crippen molar-refractivity contribution in [3.05, 3.63) is 64.1 Å². The van der Waals surface area contributed by atoms with Gasteiger partial charge in [0.2, 0.25) is 11.8 Å². The molecule has 0 saturated carbocycles. The summed E-state index contributed by atoms with van der Waals surface area (Å²) in [6, 6.07) is 14.0. The number of rotatable bonds is 7. The Morgan fingerprint density at radius 1 is 1.04 bits per heavy atom. The normalized spacial score (nSPS) is 11.7. The van der Waals surface area contributed by atoms with Gasteiger partial charge < -0.3 is 10.2 Å². The fourth-order valence-electron chi connectivity index (χ4n) is 2.34. The van der Waals surface area contributed by atoms with E-state index in [1.807, 2.05) is 24.3 Å². The van der Waals surface area contributed by atoms with Gasteiger partial charge in [-0.3, -0.25) is 9.59 Å². The van der Waals surface area contributed by atoms with E-state index in [-0.39, 0.29) is 17.6 Å². The maximum atomic E-state index is 12.8. The Morgan fingerprint density at radius 2 is 1.58 bits per heavy atom. The SMILES string of the molecule is CNC(=O)C(C)N(Cc1ccc(Cl)cc1)C(=O)CSc1ccc(Cl)cc1. The maximum Gasteiger partial charge on any atom is 0.242 e. The first kappa shape index (κ1) is 20.6. The second kappa shape index (κ2) is 9.86. The highest BCUT2D eigenvalue weighted by atomic mass is 35.5. The second-order valence-electron chi connectivity index (χ2n) is 5.68. The molecule has 2 aromatic carbocycles. The lowest BCUT2D eigenvalue weighted by molar-refractivity contribution is -0.138. The second-order valence-corrected chi connectivity index (χ2v) is 7.60. The molecule has 2 amide bonds. The first-order chi connectivity index (χ1) is 12.4. The predicted molar refractivity (Wildman–Crippen MR) is 108 cm³/mol. The summed E-state index contributed by atoms with van der Waals surface area (Å²) >= 11 is 13.2. The van der Waals surface area contributed by atoms with Crippen LogP contribution in [-0.4, -0.2) is 35.6 Å². The lowest BCUT2D eigenvalue weighted by Gasteiger charge is -2.28. The van der Waals surface area contributed by atoms with Gasteiger partial charge in [0, 0.05) is 28.5 Å². The fraction of sp³-hybridized carbons (Fsp3) is 0.263. The molecule has 26 heavy (non-hydrogen) atoms. The minimum atomic E-state index is -0.575. The van der Waals surface area contributed by atoms with E-state index in [4.69, 9.17) is 23.2 Å². The Kier molecular flexibility index (Phi) is 7.82. The molecule has 2 rings (SSSR count). The van der Waals surface area contributed by atoms with Crippen molar-refractivity contribution in [2.24, 2.45) is 0 Å². The Bertz CT molecular complexity index is 751. The Balaban J connectivity index is 2.10. The largest absolute Gasteiger partial charge is 0.357 e. The van der Waals surface area contributed by atoms with Gasteiger partial charge in [-0.15, -0.1) is 11.8 Å². The lowest BCUT2D eigenvalue weighted by atomic mass is 10.1. The van der Waals surface area contributed by atoms with Crippen LogP contribution in [0.1, 0.15) is 12.5 Å².